The van der Waals surface area contributed by atoms with Gasteiger partial charge >= 0.3 is 6.01 Å². The van der Waals surface area contributed by atoms with Crippen molar-refractivity contribution in [1.82, 2.24) is 15.1 Å². The molecule has 3 rings (SSSR count). The van der Waals surface area contributed by atoms with Gasteiger partial charge in [0, 0.05) is 12.5 Å². The second-order valence-corrected chi connectivity index (χ2v) is 6.09. The van der Waals surface area contributed by atoms with Crippen LogP contribution in [-0.2, 0) is 4.79 Å². The number of rotatable bonds is 6. The largest absolute Gasteiger partial charge is 0.408 e. The van der Waals surface area contributed by atoms with Crippen molar-refractivity contribution in [3.8, 4) is 0 Å². The summed E-state index contributed by atoms with van der Waals surface area (Å²) in [6, 6.07) is 0.220. The predicted octanol–water partition coefficient (Wildman–Crippen LogP) is 0.946. The third-order valence-electron chi connectivity index (χ3n) is 4.16. The highest BCUT2D eigenvalue weighted by atomic mass is 16.4. The number of amides is 1. The minimum absolute atomic E-state index is 0.0885. The maximum atomic E-state index is 12.0. The van der Waals surface area contributed by atoms with Crippen molar-refractivity contribution in [1.29, 1.82) is 0 Å². The molecule has 1 aliphatic carbocycles. The molecule has 0 spiro atoms. The van der Waals surface area contributed by atoms with E-state index in [1.807, 2.05) is 0 Å². The number of aromatic nitrogens is 2. The minimum Gasteiger partial charge on any atom is -0.408 e. The van der Waals surface area contributed by atoms with Gasteiger partial charge in [-0.15, -0.1) is 5.10 Å². The van der Waals surface area contributed by atoms with E-state index >= 15 is 0 Å². The van der Waals surface area contributed by atoms with Crippen LogP contribution in [0, 0.1) is 5.92 Å². The number of anilines is 1. The molecule has 7 heteroatoms. The Bertz CT molecular complexity index is 483. The van der Waals surface area contributed by atoms with Crippen LogP contribution in [0.2, 0.25) is 0 Å². The van der Waals surface area contributed by atoms with Crippen molar-refractivity contribution in [2.75, 3.05) is 31.5 Å². The summed E-state index contributed by atoms with van der Waals surface area (Å²) in [4.78, 5) is 14.2. The van der Waals surface area contributed by atoms with E-state index < -0.39 is 0 Å². The molecule has 21 heavy (non-hydrogen) atoms. The zero-order valence-electron chi connectivity index (χ0n) is 12.3. The van der Waals surface area contributed by atoms with Gasteiger partial charge in [0.25, 0.3) is 0 Å². The Labute approximate surface area is 124 Å². The van der Waals surface area contributed by atoms with Gasteiger partial charge in [0.1, 0.15) is 0 Å². The molecule has 1 aliphatic heterocycles. The molecule has 0 aromatic carbocycles. The van der Waals surface area contributed by atoms with Crippen molar-refractivity contribution < 1.29 is 9.21 Å². The lowest BCUT2D eigenvalue weighted by Gasteiger charge is -2.31. The molecule has 1 saturated carbocycles. The molecule has 1 saturated heterocycles. The fraction of sp³-hybridized carbons (Fsp3) is 0.786. The smallest absolute Gasteiger partial charge is 0.322 e. The maximum Gasteiger partial charge on any atom is 0.322 e. The first-order valence-corrected chi connectivity index (χ1v) is 7.80. The molecule has 1 amide bonds. The normalized spacial score (nSPS) is 23.2. The summed E-state index contributed by atoms with van der Waals surface area (Å²) in [6.07, 6.45) is 5.58. The summed E-state index contributed by atoms with van der Waals surface area (Å²) in [5, 5.41) is 10.5. The van der Waals surface area contributed by atoms with Gasteiger partial charge in [0.15, 0.2) is 0 Å². The van der Waals surface area contributed by atoms with Gasteiger partial charge in [0.05, 0.1) is 6.54 Å². The van der Waals surface area contributed by atoms with Crippen molar-refractivity contribution in [3.63, 3.8) is 0 Å². The quantitative estimate of drug-likeness (QED) is 0.810. The number of carbonyl (C=O) groups is 1. The van der Waals surface area contributed by atoms with E-state index in [2.05, 4.69) is 20.4 Å². The lowest BCUT2D eigenvalue weighted by atomic mass is 9.95. The lowest BCUT2D eigenvalue weighted by Crippen LogP contribution is -2.41. The Morgan fingerprint density at radius 1 is 1.38 bits per heavy atom. The predicted molar refractivity (Wildman–Crippen MR) is 77.7 cm³/mol. The standard InChI is InChI=1S/C14H23N5O2/c15-6-5-10-2-1-7-19(8-10)9-12(20)16-14-18-17-13(21-14)11-3-4-11/h10-11H,1-9,15H2,(H,16,18,20). The van der Waals surface area contributed by atoms with Gasteiger partial charge in [0.2, 0.25) is 11.8 Å². The monoisotopic (exact) mass is 293 g/mol. The minimum atomic E-state index is -0.0885. The van der Waals surface area contributed by atoms with Gasteiger partial charge in [-0.1, -0.05) is 5.10 Å². The van der Waals surface area contributed by atoms with Crippen LogP contribution in [0.4, 0.5) is 6.01 Å². The number of nitrogens with two attached hydrogens (primary N) is 1. The van der Waals surface area contributed by atoms with Crippen LogP contribution in [-0.4, -0.2) is 47.2 Å². The van der Waals surface area contributed by atoms with Gasteiger partial charge in [-0.25, -0.2) is 0 Å². The van der Waals surface area contributed by atoms with Crippen LogP contribution in [0.5, 0.6) is 0 Å². The highest BCUT2D eigenvalue weighted by Crippen LogP contribution is 2.39. The number of likely N-dealkylation sites (tertiary alicyclic amines) is 1. The van der Waals surface area contributed by atoms with Crippen molar-refractivity contribution in [3.05, 3.63) is 5.89 Å². The summed E-state index contributed by atoms with van der Waals surface area (Å²) < 4.78 is 5.44. The van der Waals surface area contributed by atoms with Crippen LogP contribution in [0.25, 0.3) is 0 Å². The molecule has 116 valence electrons. The summed E-state index contributed by atoms with van der Waals surface area (Å²) in [5.74, 6) is 1.57. The summed E-state index contributed by atoms with van der Waals surface area (Å²) in [5.41, 5.74) is 5.61. The molecule has 1 unspecified atom stereocenters. The zero-order valence-corrected chi connectivity index (χ0v) is 12.3. The average molecular weight is 293 g/mol. The topological polar surface area (TPSA) is 97.3 Å². The third kappa shape index (κ3) is 4.01. The SMILES string of the molecule is NCCC1CCCN(CC(=O)Nc2nnc(C3CC3)o2)C1. The van der Waals surface area contributed by atoms with Crippen LogP contribution in [0.1, 0.15) is 43.9 Å². The Kier molecular flexibility index (Phi) is 4.50. The van der Waals surface area contributed by atoms with E-state index in [1.54, 1.807) is 0 Å². The molecule has 2 heterocycles. The number of hydrogen-bond donors (Lipinski definition) is 2. The first-order valence-electron chi connectivity index (χ1n) is 7.80. The van der Waals surface area contributed by atoms with Crippen LogP contribution in [0.15, 0.2) is 4.42 Å². The first-order chi connectivity index (χ1) is 10.2. The number of hydrogen-bond acceptors (Lipinski definition) is 6. The third-order valence-corrected chi connectivity index (χ3v) is 4.16. The van der Waals surface area contributed by atoms with Gasteiger partial charge in [-0.3, -0.25) is 15.0 Å². The van der Waals surface area contributed by atoms with Crippen LogP contribution in [0.3, 0.4) is 0 Å². The van der Waals surface area contributed by atoms with E-state index in [-0.39, 0.29) is 11.9 Å². The van der Waals surface area contributed by atoms with E-state index in [1.165, 1.54) is 6.42 Å². The van der Waals surface area contributed by atoms with Crippen molar-refractivity contribution in [2.45, 2.75) is 38.0 Å². The molecular weight excluding hydrogens is 270 g/mol. The average Bonchev–Trinajstić information content (AvgIpc) is 3.20. The number of nitrogens with one attached hydrogen (secondary N) is 1. The molecule has 2 aliphatic rings. The van der Waals surface area contributed by atoms with Crippen LogP contribution >= 0.6 is 0 Å². The summed E-state index contributed by atoms with van der Waals surface area (Å²) >= 11 is 0. The number of piperidine rings is 1. The summed E-state index contributed by atoms with van der Waals surface area (Å²) in [6.45, 7) is 3.01. The first kappa shape index (κ1) is 14.5. The Balaban J connectivity index is 1.46. The molecule has 3 N–H and O–H groups in total. The van der Waals surface area contributed by atoms with Crippen molar-refractivity contribution >= 4 is 11.9 Å². The number of carbonyl (C=O) groups excluding carboxylic acids is 1. The van der Waals surface area contributed by atoms with E-state index in [0.717, 1.165) is 45.3 Å². The second kappa shape index (κ2) is 6.53. The second-order valence-electron chi connectivity index (χ2n) is 6.09. The Morgan fingerprint density at radius 2 is 2.24 bits per heavy atom. The van der Waals surface area contributed by atoms with Crippen molar-refractivity contribution in [2.24, 2.45) is 11.7 Å². The van der Waals surface area contributed by atoms with E-state index in [9.17, 15) is 4.79 Å². The van der Waals surface area contributed by atoms with Gasteiger partial charge in [-0.2, -0.15) is 0 Å². The molecular formula is C14H23N5O2. The highest BCUT2D eigenvalue weighted by molar-refractivity contribution is 5.90. The van der Waals surface area contributed by atoms with Crippen LogP contribution < -0.4 is 11.1 Å². The molecule has 0 radical (unpaired) electrons. The molecule has 1 aromatic heterocycles. The zero-order chi connectivity index (χ0) is 14.7. The Hall–Kier alpha value is -1.47. The maximum absolute atomic E-state index is 12.0. The fourth-order valence-electron chi connectivity index (χ4n) is 2.91. The number of nitrogens with zero attached hydrogens (tertiary/aromatic N) is 3. The van der Waals surface area contributed by atoms with E-state index in [0.29, 0.717) is 24.3 Å². The highest BCUT2D eigenvalue weighted by Gasteiger charge is 2.29. The van der Waals surface area contributed by atoms with E-state index in [4.69, 9.17) is 10.2 Å². The molecule has 0 bridgehead atoms. The summed E-state index contributed by atoms with van der Waals surface area (Å²) in [7, 11) is 0. The molecule has 1 aromatic rings. The molecule has 2 fully saturated rings. The molecule has 7 nitrogen and oxygen atoms in total. The van der Waals surface area contributed by atoms with Gasteiger partial charge in [-0.05, 0) is 51.1 Å². The molecule has 1 atom stereocenters. The lowest BCUT2D eigenvalue weighted by molar-refractivity contribution is -0.117. The fourth-order valence-corrected chi connectivity index (χ4v) is 2.91. The Morgan fingerprint density at radius 3 is 3.00 bits per heavy atom. The van der Waals surface area contributed by atoms with Gasteiger partial charge < -0.3 is 10.2 Å².